The zero-order valence-corrected chi connectivity index (χ0v) is 10.9. The van der Waals surface area contributed by atoms with Crippen molar-refractivity contribution in [2.24, 2.45) is 5.73 Å². The molecule has 0 bridgehead atoms. The van der Waals surface area contributed by atoms with E-state index < -0.39 is 0 Å². The van der Waals surface area contributed by atoms with Gasteiger partial charge in [0.05, 0.1) is 5.69 Å². The van der Waals surface area contributed by atoms with Gasteiger partial charge in [-0.1, -0.05) is 0 Å². The van der Waals surface area contributed by atoms with E-state index in [1.165, 1.54) is 18.4 Å². The Morgan fingerprint density at radius 2 is 2.17 bits per heavy atom. The van der Waals surface area contributed by atoms with E-state index in [-0.39, 0.29) is 0 Å². The molecule has 0 amide bonds. The summed E-state index contributed by atoms with van der Waals surface area (Å²) in [4.78, 5) is 2.34. The van der Waals surface area contributed by atoms with Crippen LogP contribution < -0.4 is 10.6 Å². The van der Waals surface area contributed by atoms with Crippen molar-refractivity contribution in [3.05, 3.63) is 40.2 Å². The average Bonchev–Trinajstić information content (AvgIpc) is 3.13. The Morgan fingerprint density at radius 1 is 1.28 bits per heavy atom. The lowest BCUT2D eigenvalue weighted by Crippen LogP contribution is -2.26. The molecule has 2 heterocycles. The maximum Gasteiger partial charge on any atom is 0.151 e. The molecular weight excluding hydrogens is 244 g/mol. The SMILES string of the molecule is NCc1ccc(N(Cc2ccsc2)C2CC2)nn1. The number of hydrogen-bond donors (Lipinski definition) is 1. The Hall–Kier alpha value is -1.46. The molecular formula is C13H16N4S. The quantitative estimate of drug-likeness (QED) is 0.895. The normalized spacial score (nSPS) is 14.7. The number of nitrogens with zero attached hydrogens (tertiary/aromatic N) is 3. The van der Waals surface area contributed by atoms with Gasteiger partial charge in [-0.25, -0.2) is 0 Å². The Bertz CT molecular complexity index is 490. The molecule has 18 heavy (non-hydrogen) atoms. The Labute approximate surface area is 110 Å². The number of nitrogens with two attached hydrogens (primary N) is 1. The first kappa shape index (κ1) is 11.6. The molecule has 2 aromatic rings. The van der Waals surface area contributed by atoms with Crippen molar-refractivity contribution in [3.63, 3.8) is 0 Å². The lowest BCUT2D eigenvalue weighted by Gasteiger charge is -2.22. The summed E-state index contributed by atoms with van der Waals surface area (Å²) < 4.78 is 0. The maximum atomic E-state index is 5.54. The monoisotopic (exact) mass is 260 g/mol. The highest BCUT2D eigenvalue weighted by atomic mass is 32.1. The summed E-state index contributed by atoms with van der Waals surface area (Å²) in [5.41, 5.74) is 7.73. The van der Waals surface area contributed by atoms with Gasteiger partial charge in [0.25, 0.3) is 0 Å². The number of aromatic nitrogens is 2. The van der Waals surface area contributed by atoms with Gasteiger partial charge in [0, 0.05) is 19.1 Å². The topological polar surface area (TPSA) is 55.0 Å². The summed E-state index contributed by atoms with van der Waals surface area (Å²) in [6, 6.07) is 6.79. The zero-order valence-electron chi connectivity index (χ0n) is 10.1. The first-order valence-corrected chi connectivity index (χ1v) is 7.11. The van der Waals surface area contributed by atoms with Crippen LogP contribution in [0.4, 0.5) is 5.82 Å². The van der Waals surface area contributed by atoms with Crippen LogP contribution in [0.1, 0.15) is 24.1 Å². The van der Waals surface area contributed by atoms with Crippen LogP contribution in [-0.2, 0) is 13.1 Å². The molecule has 2 N–H and O–H groups in total. The Kier molecular flexibility index (Phi) is 3.25. The van der Waals surface area contributed by atoms with Crippen molar-refractivity contribution >= 4 is 17.2 Å². The summed E-state index contributed by atoms with van der Waals surface area (Å²) in [6.07, 6.45) is 2.51. The smallest absolute Gasteiger partial charge is 0.151 e. The van der Waals surface area contributed by atoms with Crippen LogP contribution in [0.2, 0.25) is 0 Å². The van der Waals surface area contributed by atoms with E-state index in [0.29, 0.717) is 12.6 Å². The minimum absolute atomic E-state index is 0.446. The van der Waals surface area contributed by atoms with Crippen LogP contribution in [0.3, 0.4) is 0 Å². The molecule has 1 aliphatic carbocycles. The lowest BCUT2D eigenvalue weighted by molar-refractivity contribution is 0.757. The molecule has 0 spiro atoms. The van der Waals surface area contributed by atoms with E-state index in [2.05, 4.69) is 31.9 Å². The summed E-state index contributed by atoms with van der Waals surface area (Å²) in [7, 11) is 0. The predicted octanol–water partition coefficient (Wildman–Crippen LogP) is 2.17. The van der Waals surface area contributed by atoms with Crippen LogP contribution in [-0.4, -0.2) is 16.2 Å². The van der Waals surface area contributed by atoms with Crippen LogP contribution in [0.5, 0.6) is 0 Å². The van der Waals surface area contributed by atoms with Gasteiger partial charge in [-0.05, 0) is 47.4 Å². The fourth-order valence-corrected chi connectivity index (χ4v) is 2.64. The van der Waals surface area contributed by atoms with Gasteiger partial charge in [-0.2, -0.15) is 16.4 Å². The van der Waals surface area contributed by atoms with E-state index >= 15 is 0 Å². The second-order valence-electron chi connectivity index (χ2n) is 4.58. The van der Waals surface area contributed by atoms with Crippen LogP contribution in [0.15, 0.2) is 29.0 Å². The second kappa shape index (κ2) is 5.04. The molecule has 0 radical (unpaired) electrons. The largest absolute Gasteiger partial charge is 0.348 e. The molecule has 5 heteroatoms. The fourth-order valence-electron chi connectivity index (χ4n) is 1.98. The highest BCUT2D eigenvalue weighted by Crippen LogP contribution is 2.32. The van der Waals surface area contributed by atoms with Gasteiger partial charge in [-0.15, -0.1) is 5.10 Å². The molecule has 0 aliphatic heterocycles. The van der Waals surface area contributed by atoms with Crippen molar-refractivity contribution in [3.8, 4) is 0 Å². The van der Waals surface area contributed by atoms with Gasteiger partial charge in [0.2, 0.25) is 0 Å². The summed E-state index contributed by atoms with van der Waals surface area (Å²) in [5.74, 6) is 0.959. The van der Waals surface area contributed by atoms with Crippen molar-refractivity contribution in [1.29, 1.82) is 0 Å². The van der Waals surface area contributed by atoms with Gasteiger partial charge in [0.15, 0.2) is 5.82 Å². The first-order chi connectivity index (χ1) is 8.86. The van der Waals surface area contributed by atoms with Crippen molar-refractivity contribution in [2.45, 2.75) is 32.0 Å². The standard InChI is InChI=1S/C13H16N4S/c14-7-11-1-4-13(16-15-11)17(12-2-3-12)8-10-5-6-18-9-10/h1,4-6,9,12H,2-3,7-8,14H2. The Balaban J connectivity index is 1.80. The van der Waals surface area contributed by atoms with Crippen molar-refractivity contribution in [1.82, 2.24) is 10.2 Å². The summed E-state index contributed by atoms with van der Waals surface area (Å²) >= 11 is 1.74. The van der Waals surface area contributed by atoms with E-state index in [9.17, 15) is 0 Å². The van der Waals surface area contributed by atoms with Crippen LogP contribution in [0.25, 0.3) is 0 Å². The summed E-state index contributed by atoms with van der Waals surface area (Å²) in [6.45, 7) is 1.37. The molecule has 1 aliphatic rings. The van der Waals surface area contributed by atoms with Crippen molar-refractivity contribution < 1.29 is 0 Å². The minimum Gasteiger partial charge on any atom is -0.348 e. The highest BCUT2D eigenvalue weighted by molar-refractivity contribution is 7.07. The van der Waals surface area contributed by atoms with Crippen molar-refractivity contribution in [2.75, 3.05) is 4.90 Å². The molecule has 3 rings (SSSR count). The third kappa shape index (κ3) is 2.52. The number of rotatable bonds is 5. The minimum atomic E-state index is 0.446. The number of anilines is 1. The average molecular weight is 260 g/mol. The van der Waals surface area contributed by atoms with E-state index in [0.717, 1.165) is 18.1 Å². The predicted molar refractivity (Wildman–Crippen MR) is 73.4 cm³/mol. The van der Waals surface area contributed by atoms with E-state index in [4.69, 9.17) is 5.73 Å². The molecule has 0 saturated heterocycles. The zero-order chi connectivity index (χ0) is 12.4. The first-order valence-electron chi connectivity index (χ1n) is 6.17. The molecule has 94 valence electrons. The van der Waals surface area contributed by atoms with Gasteiger partial charge in [-0.3, -0.25) is 0 Å². The maximum absolute atomic E-state index is 5.54. The molecule has 4 nitrogen and oxygen atoms in total. The number of thiophene rings is 1. The second-order valence-corrected chi connectivity index (χ2v) is 5.36. The van der Waals surface area contributed by atoms with Gasteiger partial charge < -0.3 is 10.6 Å². The molecule has 1 fully saturated rings. The van der Waals surface area contributed by atoms with Gasteiger partial charge >= 0.3 is 0 Å². The molecule has 1 saturated carbocycles. The molecule has 2 aromatic heterocycles. The number of hydrogen-bond acceptors (Lipinski definition) is 5. The van der Waals surface area contributed by atoms with E-state index in [1.807, 2.05) is 12.1 Å². The molecule has 0 atom stereocenters. The Morgan fingerprint density at radius 3 is 2.72 bits per heavy atom. The third-order valence-electron chi connectivity index (χ3n) is 3.13. The summed E-state index contributed by atoms with van der Waals surface area (Å²) in [5, 5.41) is 12.7. The molecule has 0 unspecified atom stereocenters. The van der Waals surface area contributed by atoms with E-state index in [1.54, 1.807) is 11.3 Å². The highest BCUT2D eigenvalue weighted by Gasteiger charge is 2.30. The van der Waals surface area contributed by atoms with Crippen LogP contribution in [0, 0.1) is 0 Å². The van der Waals surface area contributed by atoms with Gasteiger partial charge in [0.1, 0.15) is 0 Å². The third-order valence-corrected chi connectivity index (χ3v) is 3.86. The molecule has 0 aromatic carbocycles. The van der Waals surface area contributed by atoms with Crippen LogP contribution >= 0.6 is 11.3 Å². The fraction of sp³-hybridized carbons (Fsp3) is 0.385. The lowest BCUT2D eigenvalue weighted by atomic mass is 10.3.